The predicted molar refractivity (Wildman–Crippen MR) is 68.6 cm³/mol. The third-order valence-corrected chi connectivity index (χ3v) is 3.07. The van der Waals surface area contributed by atoms with Gasteiger partial charge in [-0.25, -0.2) is 4.68 Å². The van der Waals surface area contributed by atoms with Crippen LogP contribution in [0.2, 0.25) is 5.02 Å². The first-order chi connectivity index (χ1) is 7.91. The van der Waals surface area contributed by atoms with Gasteiger partial charge in [0.05, 0.1) is 17.5 Å². The SMILES string of the molecule is CCn1ncc(NCC(C)(O)CC)c(Cl)c1=O. The van der Waals surface area contributed by atoms with Crippen molar-refractivity contribution in [2.45, 2.75) is 39.3 Å². The van der Waals surface area contributed by atoms with E-state index >= 15 is 0 Å². The first kappa shape index (κ1) is 14.0. The first-order valence-electron chi connectivity index (χ1n) is 5.63. The van der Waals surface area contributed by atoms with Crippen LogP contribution in [0.1, 0.15) is 27.2 Å². The Balaban J connectivity index is 2.87. The second-order valence-corrected chi connectivity index (χ2v) is 4.58. The third-order valence-electron chi connectivity index (χ3n) is 2.71. The lowest BCUT2D eigenvalue weighted by Gasteiger charge is -2.22. The van der Waals surface area contributed by atoms with E-state index in [2.05, 4.69) is 10.4 Å². The van der Waals surface area contributed by atoms with Crippen LogP contribution in [-0.2, 0) is 6.54 Å². The Morgan fingerprint density at radius 1 is 1.59 bits per heavy atom. The number of nitrogens with one attached hydrogen (secondary N) is 1. The van der Waals surface area contributed by atoms with E-state index in [4.69, 9.17) is 11.6 Å². The van der Waals surface area contributed by atoms with Crippen LogP contribution >= 0.6 is 11.6 Å². The number of aliphatic hydroxyl groups is 1. The summed E-state index contributed by atoms with van der Waals surface area (Å²) >= 11 is 5.93. The molecular formula is C11H18ClN3O2. The number of aryl methyl sites for hydroxylation is 1. The van der Waals surface area contributed by atoms with E-state index < -0.39 is 5.60 Å². The Morgan fingerprint density at radius 2 is 2.24 bits per heavy atom. The lowest BCUT2D eigenvalue weighted by Crippen LogP contribution is -2.33. The zero-order valence-electron chi connectivity index (χ0n) is 10.3. The van der Waals surface area contributed by atoms with Crippen molar-refractivity contribution in [1.82, 2.24) is 9.78 Å². The molecule has 6 heteroatoms. The average Bonchev–Trinajstić information content (AvgIpc) is 2.31. The molecular weight excluding hydrogens is 242 g/mol. The van der Waals surface area contributed by atoms with E-state index in [-0.39, 0.29) is 10.6 Å². The Hall–Kier alpha value is -1.07. The molecule has 1 aromatic rings. The van der Waals surface area contributed by atoms with Gasteiger partial charge in [-0.05, 0) is 20.3 Å². The van der Waals surface area contributed by atoms with Gasteiger partial charge < -0.3 is 10.4 Å². The zero-order chi connectivity index (χ0) is 13.1. The highest BCUT2D eigenvalue weighted by Gasteiger charge is 2.18. The van der Waals surface area contributed by atoms with E-state index in [1.165, 1.54) is 10.9 Å². The Kier molecular flexibility index (Phi) is 4.54. The van der Waals surface area contributed by atoms with Crippen molar-refractivity contribution in [2.75, 3.05) is 11.9 Å². The molecule has 0 bridgehead atoms. The molecule has 96 valence electrons. The van der Waals surface area contributed by atoms with Gasteiger partial charge in [-0.2, -0.15) is 5.10 Å². The van der Waals surface area contributed by atoms with Gasteiger partial charge in [0.1, 0.15) is 5.02 Å². The number of hydrogen-bond acceptors (Lipinski definition) is 4. The smallest absolute Gasteiger partial charge is 0.287 e. The molecule has 0 saturated heterocycles. The molecule has 0 radical (unpaired) electrons. The van der Waals surface area contributed by atoms with Gasteiger partial charge in [-0.3, -0.25) is 4.79 Å². The van der Waals surface area contributed by atoms with Crippen molar-refractivity contribution in [3.8, 4) is 0 Å². The Bertz CT molecular complexity index is 443. The molecule has 17 heavy (non-hydrogen) atoms. The van der Waals surface area contributed by atoms with E-state index in [9.17, 15) is 9.90 Å². The summed E-state index contributed by atoms with van der Waals surface area (Å²) in [4.78, 5) is 11.7. The van der Waals surface area contributed by atoms with E-state index in [1.54, 1.807) is 6.92 Å². The summed E-state index contributed by atoms with van der Waals surface area (Å²) in [7, 11) is 0. The number of hydrogen-bond donors (Lipinski definition) is 2. The summed E-state index contributed by atoms with van der Waals surface area (Å²) in [5.74, 6) is 0. The molecule has 0 saturated carbocycles. The van der Waals surface area contributed by atoms with Crippen molar-refractivity contribution < 1.29 is 5.11 Å². The molecule has 0 spiro atoms. The molecule has 1 atom stereocenters. The minimum absolute atomic E-state index is 0.105. The van der Waals surface area contributed by atoms with Crippen LogP contribution in [0, 0.1) is 0 Å². The molecule has 5 nitrogen and oxygen atoms in total. The summed E-state index contributed by atoms with van der Waals surface area (Å²) in [6.45, 7) is 6.22. The highest BCUT2D eigenvalue weighted by atomic mass is 35.5. The largest absolute Gasteiger partial charge is 0.388 e. The summed E-state index contributed by atoms with van der Waals surface area (Å²) in [5, 5.41) is 16.8. The van der Waals surface area contributed by atoms with Crippen LogP contribution in [0.25, 0.3) is 0 Å². The fourth-order valence-corrected chi connectivity index (χ4v) is 1.44. The van der Waals surface area contributed by atoms with E-state index in [0.717, 1.165) is 0 Å². The maximum atomic E-state index is 11.7. The third kappa shape index (κ3) is 3.44. The maximum Gasteiger partial charge on any atom is 0.287 e. The molecule has 0 aliphatic rings. The fraction of sp³-hybridized carbons (Fsp3) is 0.636. The van der Waals surface area contributed by atoms with Crippen molar-refractivity contribution in [2.24, 2.45) is 0 Å². The van der Waals surface area contributed by atoms with E-state index in [1.807, 2.05) is 13.8 Å². The second kappa shape index (κ2) is 5.51. The minimum atomic E-state index is -0.830. The predicted octanol–water partition coefficient (Wildman–Crippen LogP) is 1.49. The topological polar surface area (TPSA) is 67.2 Å². The van der Waals surface area contributed by atoms with Crippen molar-refractivity contribution in [3.63, 3.8) is 0 Å². The highest BCUT2D eigenvalue weighted by Crippen LogP contribution is 2.17. The molecule has 1 heterocycles. The number of rotatable bonds is 5. The molecule has 0 aliphatic heterocycles. The van der Waals surface area contributed by atoms with Gasteiger partial charge >= 0.3 is 0 Å². The standard InChI is InChI=1S/C11H18ClN3O2/c1-4-11(3,17)7-13-8-6-14-15(5-2)10(16)9(8)12/h6,13,17H,4-5,7H2,1-3H3. The van der Waals surface area contributed by atoms with Crippen LogP contribution in [0.4, 0.5) is 5.69 Å². The summed E-state index contributed by atoms with van der Waals surface area (Å²) in [5.41, 5.74) is -0.700. The Morgan fingerprint density at radius 3 is 2.76 bits per heavy atom. The summed E-state index contributed by atoms with van der Waals surface area (Å²) in [6.07, 6.45) is 2.11. The number of aromatic nitrogens is 2. The normalized spacial score (nSPS) is 14.4. The second-order valence-electron chi connectivity index (χ2n) is 4.20. The summed E-state index contributed by atoms with van der Waals surface area (Å²) in [6, 6.07) is 0. The average molecular weight is 260 g/mol. The maximum absolute atomic E-state index is 11.7. The van der Waals surface area contributed by atoms with Crippen molar-refractivity contribution in [3.05, 3.63) is 21.6 Å². The molecule has 1 aromatic heterocycles. The molecule has 1 rings (SSSR count). The molecule has 0 fully saturated rings. The van der Waals surface area contributed by atoms with Crippen LogP contribution in [0.5, 0.6) is 0 Å². The van der Waals surface area contributed by atoms with Gasteiger partial charge in [-0.1, -0.05) is 18.5 Å². The lowest BCUT2D eigenvalue weighted by atomic mass is 10.0. The monoisotopic (exact) mass is 259 g/mol. The fourth-order valence-electron chi connectivity index (χ4n) is 1.22. The van der Waals surface area contributed by atoms with Crippen molar-refractivity contribution >= 4 is 17.3 Å². The molecule has 2 N–H and O–H groups in total. The van der Waals surface area contributed by atoms with Gasteiger partial charge in [0.25, 0.3) is 5.56 Å². The molecule has 0 aromatic carbocycles. The minimum Gasteiger partial charge on any atom is -0.388 e. The van der Waals surface area contributed by atoms with Crippen LogP contribution in [-0.4, -0.2) is 27.0 Å². The van der Waals surface area contributed by atoms with Crippen LogP contribution < -0.4 is 10.9 Å². The molecule has 1 unspecified atom stereocenters. The van der Waals surface area contributed by atoms with E-state index in [0.29, 0.717) is 25.2 Å². The molecule has 0 aliphatic carbocycles. The number of anilines is 1. The van der Waals surface area contributed by atoms with Gasteiger partial charge in [-0.15, -0.1) is 0 Å². The van der Waals surface area contributed by atoms with Crippen LogP contribution in [0.3, 0.4) is 0 Å². The highest BCUT2D eigenvalue weighted by molar-refractivity contribution is 6.32. The van der Waals surface area contributed by atoms with Crippen LogP contribution in [0.15, 0.2) is 11.0 Å². The quantitative estimate of drug-likeness (QED) is 0.841. The van der Waals surface area contributed by atoms with Crippen molar-refractivity contribution in [1.29, 1.82) is 0 Å². The Labute approximate surface area is 105 Å². The number of nitrogens with zero attached hydrogens (tertiary/aromatic N) is 2. The molecule has 0 amide bonds. The number of halogens is 1. The van der Waals surface area contributed by atoms with Gasteiger partial charge in [0.15, 0.2) is 0 Å². The lowest BCUT2D eigenvalue weighted by molar-refractivity contribution is 0.0697. The zero-order valence-corrected chi connectivity index (χ0v) is 11.1. The summed E-state index contributed by atoms with van der Waals surface area (Å²) < 4.78 is 1.28. The van der Waals surface area contributed by atoms with Gasteiger partial charge in [0, 0.05) is 13.1 Å². The van der Waals surface area contributed by atoms with Gasteiger partial charge in [0.2, 0.25) is 0 Å². The first-order valence-corrected chi connectivity index (χ1v) is 6.01.